The van der Waals surface area contributed by atoms with Crippen molar-refractivity contribution in [2.24, 2.45) is 0 Å². The highest BCUT2D eigenvalue weighted by Gasteiger charge is 2.09. The molecule has 6 nitrogen and oxygen atoms in total. The van der Waals surface area contributed by atoms with E-state index in [-0.39, 0.29) is 18.2 Å². The van der Waals surface area contributed by atoms with Crippen LogP contribution in [0.4, 0.5) is 0 Å². The second-order valence-electron chi connectivity index (χ2n) is 5.49. The summed E-state index contributed by atoms with van der Waals surface area (Å²) in [6, 6.07) is 10.2. The minimum absolute atomic E-state index is 0.230. The first kappa shape index (κ1) is 19.9. The molecule has 0 heterocycles. The second-order valence-corrected chi connectivity index (χ2v) is 6.34. The Labute approximate surface area is 161 Å². The standard InChI is InChI=1S/C18H18Cl2N2O4/c1-11-3-5-14(7-12(11)2)25-9-17(23)21-22-18(24)10-26-16-6-4-13(19)8-15(16)20/h3-8H,9-10H2,1-2H3,(H,21,23)(H,22,24). The number of carbonyl (C=O) groups is 2. The minimum Gasteiger partial charge on any atom is -0.484 e. The van der Waals surface area contributed by atoms with E-state index in [1.165, 1.54) is 6.07 Å². The highest BCUT2D eigenvalue weighted by molar-refractivity contribution is 6.35. The molecule has 0 aliphatic heterocycles. The van der Waals surface area contributed by atoms with Crippen LogP contribution in [0.25, 0.3) is 0 Å². The van der Waals surface area contributed by atoms with Crippen LogP contribution in [0.15, 0.2) is 36.4 Å². The van der Waals surface area contributed by atoms with Crippen molar-refractivity contribution in [3.63, 3.8) is 0 Å². The van der Waals surface area contributed by atoms with E-state index in [0.717, 1.165) is 11.1 Å². The van der Waals surface area contributed by atoms with Crippen LogP contribution in [-0.2, 0) is 9.59 Å². The smallest absolute Gasteiger partial charge is 0.276 e. The molecular formula is C18H18Cl2N2O4. The number of aryl methyl sites for hydroxylation is 2. The molecule has 2 aromatic carbocycles. The number of amides is 2. The van der Waals surface area contributed by atoms with E-state index in [2.05, 4.69) is 10.9 Å². The molecule has 26 heavy (non-hydrogen) atoms. The SMILES string of the molecule is Cc1ccc(OCC(=O)NNC(=O)COc2ccc(Cl)cc2Cl)cc1C. The van der Waals surface area contributed by atoms with Gasteiger partial charge in [0, 0.05) is 5.02 Å². The summed E-state index contributed by atoms with van der Waals surface area (Å²) >= 11 is 11.7. The van der Waals surface area contributed by atoms with E-state index in [0.29, 0.717) is 16.5 Å². The molecule has 0 bridgehead atoms. The third kappa shape index (κ3) is 6.13. The third-order valence-corrected chi connectivity index (χ3v) is 3.97. The zero-order valence-electron chi connectivity index (χ0n) is 14.3. The van der Waals surface area contributed by atoms with Gasteiger partial charge in [-0.3, -0.25) is 20.4 Å². The molecule has 0 unspecified atom stereocenters. The van der Waals surface area contributed by atoms with E-state index in [9.17, 15) is 9.59 Å². The van der Waals surface area contributed by atoms with Gasteiger partial charge >= 0.3 is 0 Å². The molecule has 0 radical (unpaired) electrons. The number of hydrogen-bond donors (Lipinski definition) is 2. The van der Waals surface area contributed by atoms with Crippen molar-refractivity contribution >= 4 is 35.0 Å². The van der Waals surface area contributed by atoms with Crippen molar-refractivity contribution in [3.8, 4) is 11.5 Å². The van der Waals surface area contributed by atoms with Gasteiger partial charge in [-0.25, -0.2) is 0 Å². The lowest BCUT2D eigenvalue weighted by Gasteiger charge is -2.11. The molecule has 2 rings (SSSR count). The number of benzene rings is 2. The van der Waals surface area contributed by atoms with E-state index >= 15 is 0 Å². The van der Waals surface area contributed by atoms with Gasteiger partial charge in [0.1, 0.15) is 11.5 Å². The first-order chi connectivity index (χ1) is 12.3. The summed E-state index contributed by atoms with van der Waals surface area (Å²) < 4.78 is 10.6. The van der Waals surface area contributed by atoms with Crippen LogP contribution in [0, 0.1) is 13.8 Å². The number of nitrogens with one attached hydrogen (secondary N) is 2. The van der Waals surface area contributed by atoms with E-state index < -0.39 is 11.8 Å². The first-order valence-corrected chi connectivity index (χ1v) is 8.46. The van der Waals surface area contributed by atoms with Gasteiger partial charge in [-0.15, -0.1) is 0 Å². The Morgan fingerprint density at radius 3 is 2.15 bits per heavy atom. The van der Waals surface area contributed by atoms with Gasteiger partial charge in [-0.1, -0.05) is 29.3 Å². The fourth-order valence-corrected chi connectivity index (χ4v) is 2.36. The number of hydrogen-bond acceptors (Lipinski definition) is 4. The molecule has 2 N–H and O–H groups in total. The van der Waals surface area contributed by atoms with Crippen molar-refractivity contribution in [1.82, 2.24) is 10.9 Å². The third-order valence-electron chi connectivity index (χ3n) is 3.44. The summed E-state index contributed by atoms with van der Waals surface area (Å²) in [5.41, 5.74) is 6.67. The fourth-order valence-electron chi connectivity index (χ4n) is 1.90. The molecule has 0 aromatic heterocycles. The quantitative estimate of drug-likeness (QED) is 0.734. The Balaban J connectivity index is 1.71. The van der Waals surface area contributed by atoms with E-state index in [1.54, 1.807) is 18.2 Å². The van der Waals surface area contributed by atoms with E-state index in [4.69, 9.17) is 32.7 Å². The Morgan fingerprint density at radius 1 is 0.885 bits per heavy atom. The van der Waals surface area contributed by atoms with Crippen LogP contribution in [0.5, 0.6) is 11.5 Å². The summed E-state index contributed by atoms with van der Waals surface area (Å²) in [6.07, 6.45) is 0. The summed E-state index contributed by atoms with van der Waals surface area (Å²) in [5.74, 6) is -0.150. The average molecular weight is 397 g/mol. The van der Waals surface area contributed by atoms with Gasteiger partial charge < -0.3 is 9.47 Å². The molecule has 2 aromatic rings. The highest BCUT2D eigenvalue weighted by atomic mass is 35.5. The first-order valence-electron chi connectivity index (χ1n) is 7.70. The van der Waals surface area contributed by atoms with E-state index in [1.807, 2.05) is 26.0 Å². The van der Waals surface area contributed by atoms with Crippen LogP contribution in [0.2, 0.25) is 10.0 Å². The van der Waals surface area contributed by atoms with Crippen LogP contribution in [-0.4, -0.2) is 25.0 Å². The van der Waals surface area contributed by atoms with Gasteiger partial charge in [0.25, 0.3) is 11.8 Å². The minimum atomic E-state index is -0.546. The molecule has 138 valence electrons. The normalized spacial score (nSPS) is 10.2. The Hall–Kier alpha value is -2.44. The lowest BCUT2D eigenvalue weighted by atomic mass is 10.1. The lowest BCUT2D eigenvalue weighted by molar-refractivity contribution is -0.131. The molecule has 0 atom stereocenters. The van der Waals surface area contributed by atoms with Gasteiger partial charge in [-0.2, -0.15) is 0 Å². The van der Waals surface area contributed by atoms with Crippen LogP contribution in [0.1, 0.15) is 11.1 Å². The zero-order chi connectivity index (χ0) is 19.1. The second kappa shape index (κ2) is 9.31. The number of halogens is 2. The summed E-state index contributed by atoms with van der Waals surface area (Å²) in [4.78, 5) is 23.4. The topological polar surface area (TPSA) is 76.7 Å². The Morgan fingerprint density at radius 2 is 1.54 bits per heavy atom. The monoisotopic (exact) mass is 396 g/mol. The average Bonchev–Trinajstić information content (AvgIpc) is 2.60. The highest BCUT2D eigenvalue weighted by Crippen LogP contribution is 2.27. The Bertz CT molecular complexity index is 812. The molecule has 8 heteroatoms. The lowest BCUT2D eigenvalue weighted by Crippen LogP contribution is -2.45. The zero-order valence-corrected chi connectivity index (χ0v) is 15.8. The predicted octanol–water partition coefficient (Wildman–Crippen LogP) is 3.22. The summed E-state index contributed by atoms with van der Waals surface area (Å²) in [6.45, 7) is 3.39. The number of carbonyl (C=O) groups excluding carboxylic acids is 2. The number of hydrazine groups is 1. The Kier molecular flexibility index (Phi) is 7.12. The molecule has 0 spiro atoms. The van der Waals surface area contributed by atoms with Crippen molar-refractivity contribution in [1.29, 1.82) is 0 Å². The van der Waals surface area contributed by atoms with Crippen molar-refractivity contribution in [3.05, 3.63) is 57.6 Å². The van der Waals surface area contributed by atoms with Crippen LogP contribution in [0.3, 0.4) is 0 Å². The molecular weight excluding hydrogens is 379 g/mol. The predicted molar refractivity (Wildman–Crippen MR) is 99.7 cm³/mol. The number of rotatable bonds is 6. The maximum atomic E-state index is 11.7. The van der Waals surface area contributed by atoms with Crippen LogP contribution >= 0.6 is 23.2 Å². The van der Waals surface area contributed by atoms with Crippen molar-refractivity contribution < 1.29 is 19.1 Å². The van der Waals surface area contributed by atoms with Gasteiger partial charge in [0.15, 0.2) is 13.2 Å². The molecule has 0 aliphatic carbocycles. The molecule has 0 fully saturated rings. The summed E-state index contributed by atoms with van der Waals surface area (Å²) in [7, 11) is 0. The molecule has 0 saturated carbocycles. The maximum Gasteiger partial charge on any atom is 0.276 e. The van der Waals surface area contributed by atoms with Gasteiger partial charge in [0.05, 0.1) is 5.02 Å². The maximum absolute atomic E-state index is 11.7. The van der Waals surface area contributed by atoms with Crippen LogP contribution < -0.4 is 20.3 Å². The largest absolute Gasteiger partial charge is 0.484 e. The van der Waals surface area contributed by atoms with Gasteiger partial charge in [-0.05, 0) is 55.3 Å². The van der Waals surface area contributed by atoms with Gasteiger partial charge in [0.2, 0.25) is 0 Å². The summed E-state index contributed by atoms with van der Waals surface area (Å²) in [5, 5.41) is 0.749. The van der Waals surface area contributed by atoms with Crippen molar-refractivity contribution in [2.45, 2.75) is 13.8 Å². The van der Waals surface area contributed by atoms with Crippen molar-refractivity contribution in [2.75, 3.05) is 13.2 Å². The molecule has 0 saturated heterocycles. The fraction of sp³-hybridized carbons (Fsp3) is 0.222. The molecule has 2 amide bonds. The number of ether oxygens (including phenoxy) is 2. The molecule has 0 aliphatic rings.